The Morgan fingerprint density at radius 1 is 1.42 bits per heavy atom. The second-order valence-electron chi connectivity index (χ2n) is 4.11. The van der Waals surface area contributed by atoms with Crippen molar-refractivity contribution >= 4 is 23.1 Å². The van der Waals surface area contributed by atoms with Crippen molar-refractivity contribution in [3.05, 3.63) is 46.3 Å². The number of nitrogens with zero attached hydrogens (tertiary/aromatic N) is 2. The largest absolute Gasteiger partial charge is 0.340 e. The Labute approximate surface area is 116 Å². The van der Waals surface area contributed by atoms with Gasteiger partial charge in [0.25, 0.3) is 5.91 Å². The maximum atomic E-state index is 12.2. The summed E-state index contributed by atoms with van der Waals surface area (Å²) >= 11 is 1.70. The Balaban J connectivity index is 1.97. The molecule has 0 unspecified atom stereocenters. The molecule has 2 aromatic heterocycles. The average molecular weight is 276 g/mol. The van der Waals surface area contributed by atoms with Gasteiger partial charge in [-0.3, -0.25) is 4.79 Å². The molecule has 2 rings (SSSR count). The Bertz CT molecular complexity index is 541. The molecule has 0 aliphatic heterocycles. The van der Waals surface area contributed by atoms with Crippen molar-refractivity contribution in [3.8, 4) is 0 Å². The number of pyridine rings is 1. The van der Waals surface area contributed by atoms with Gasteiger partial charge in [-0.15, -0.1) is 11.3 Å². The average Bonchev–Trinajstić information content (AvgIpc) is 2.97. The van der Waals surface area contributed by atoms with E-state index < -0.39 is 0 Å². The van der Waals surface area contributed by atoms with Crippen LogP contribution in [0.3, 0.4) is 0 Å². The lowest BCUT2D eigenvalue weighted by atomic mass is 10.3. The molecule has 3 N–H and O–H groups in total. The van der Waals surface area contributed by atoms with E-state index in [0.717, 1.165) is 6.42 Å². The quantitative estimate of drug-likeness (QED) is 0.644. The van der Waals surface area contributed by atoms with E-state index in [-0.39, 0.29) is 5.91 Å². The minimum absolute atomic E-state index is 0.103. The van der Waals surface area contributed by atoms with Crippen molar-refractivity contribution < 1.29 is 4.79 Å². The fraction of sp³-hybridized carbons (Fsp3) is 0.231. The molecule has 0 radical (unpaired) electrons. The van der Waals surface area contributed by atoms with Crippen LogP contribution in [0.1, 0.15) is 15.4 Å². The number of carbonyl (C=O) groups excluding carboxylic acids is 1. The molecule has 100 valence electrons. The predicted molar refractivity (Wildman–Crippen MR) is 77.0 cm³/mol. The monoisotopic (exact) mass is 276 g/mol. The van der Waals surface area contributed by atoms with Crippen LogP contribution in [0.4, 0.5) is 5.82 Å². The topological polar surface area (TPSA) is 71.2 Å². The molecule has 0 fully saturated rings. The highest BCUT2D eigenvalue weighted by molar-refractivity contribution is 7.09. The molecule has 0 bridgehead atoms. The summed E-state index contributed by atoms with van der Waals surface area (Å²) in [5.41, 5.74) is 2.83. The second-order valence-corrected chi connectivity index (χ2v) is 5.14. The molecular formula is C13H16N4OS. The molecule has 5 nitrogen and oxygen atoms in total. The number of likely N-dealkylation sites (N-methyl/N-ethyl adjacent to an activating group) is 1. The zero-order chi connectivity index (χ0) is 13.7. The standard InChI is InChI=1S/C13H16N4OS/c1-17(8-7-10-4-3-9-19-10)13(18)11-5-2-6-12(15-11)16-14/h2-6,9H,7-8,14H2,1H3,(H,15,16). The van der Waals surface area contributed by atoms with E-state index in [2.05, 4.69) is 16.5 Å². The number of nitrogens with one attached hydrogen (secondary N) is 1. The minimum Gasteiger partial charge on any atom is -0.340 e. The van der Waals surface area contributed by atoms with Gasteiger partial charge in [-0.2, -0.15) is 0 Å². The first-order valence-corrected chi connectivity index (χ1v) is 6.80. The van der Waals surface area contributed by atoms with Crippen molar-refractivity contribution in [2.75, 3.05) is 19.0 Å². The summed E-state index contributed by atoms with van der Waals surface area (Å²) in [5, 5.41) is 2.04. The van der Waals surface area contributed by atoms with Gasteiger partial charge < -0.3 is 10.3 Å². The SMILES string of the molecule is CN(CCc1cccs1)C(=O)c1cccc(NN)n1. The van der Waals surface area contributed by atoms with Crippen LogP contribution >= 0.6 is 11.3 Å². The number of thiophene rings is 1. The molecule has 0 atom stereocenters. The molecule has 2 heterocycles. The lowest BCUT2D eigenvalue weighted by Gasteiger charge is -2.16. The van der Waals surface area contributed by atoms with Crippen LogP contribution < -0.4 is 11.3 Å². The minimum atomic E-state index is -0.103. The molecule has 0 aliphatic carbocycles. The summed E-state index contributed by atoms with van der Waals surface area (Å²) in [4.78, 5) is 19.2. The van der Waals surface area contributed by atoms with Gasteiger partial charge in [0.1, 0.15) is 11.5 Å². The molecule has 6 heteroatoms. The molecule has 0 saturated carbocycles. The van der Waals surface area contributed by atoms with Crippen LogP contribution in [-0.2, 0) is 6.42 Å². The van der Waals surface area contributed by atoms with Crippen LogP contribution in [0, 0.1) is 0 Å². The highest BCUT2D eigenvalue weighted by Crippen LogP contribution is 2.11. The molecule has 0 aromatic carbocycles. The van der Waals surface area contributed by atoms with E-state index in [1.807, 2.05) is 11.4 Å². The number of amides is 1. The van der Waals surface area contributed by atoms with E-state index in [0.29, 0.717) is 18.1 Å². The van der Waals surface area contributed by atoms with Gasteiger partial charge in [0.2, 0.25) is 0 Å². The number of nitrogen functional groups attached to an aromatic ring is 1. The summed E-state index contributed by atoms with van der Waals surface area (Å²) in [6, 6.07) is 9.23. The molecule has 0 aliphatic rings. The summed E-state index contributed by atoms with van der Waals surface area (Å²) < 4.78 is 0. The Morgan fingerprint density at radius 2 is 2.26 bits per heavy atom. The molecule has 0 saturated heterocycles. The van der Waals surface area contributed by atoms with Crippen molar-refractivity contribution in [2.45, 2.75) is 6.42 Å². The summed E-state index contributed by atoms with van der Waals surface area (Å²) in [6.45, 7) is 0.668. The Morgan fingerprint density at radius 3 is 2.95 bits per heavy atom. The first-order chi connectivity index (χ1) is 9.20. The maximum Gasteiger partial charge on any atom is 0.272 e. The summed E-state index contributed by atoms with van der Waals surface area (Å²) in [6.07, 6.45) is 0.856. The van der Waals surface area contributed by atoms with Gasteiger partial charge in [0, 0.05) is 18.5 Å². The van der Waals surface area contributed by atoms with Gasteiger partial charge in [-0.1, -0.05) is 12.1 Å². The number of hydrogen-bond acceptors (Lipinski definition) is 5. The third-order valence-electron chi connectivity index (χ3n) is 2.74. The fourth-order valence-electron chi connectivity index (χ4n) is 1.66. The lowest BCUT2D eigenvalue weighted by Crippen LogP contribution is -2.29. The zero-order valence-corrected chi connectivity index (χ0v) is 11.5. The van der Waals surface area contributed by atoms with E-state index in [4.69, 9.17) is 5.84 Å². The number of aromatic nitrogens is 1. The van der Waals surface area contributed by atoms with Crippen LogP contribution in [-0.4, -0.2) is 29.4 Å². The fourth-order valence-corrected chi connectivity index (χ4v) is 2.36. The zero-order valence-electron chi connectivity index (χ0n) is 10.7. The van der Waals surface area contributed by atoms with Crippen LogP contribution in [0.5, 0.6) is 0 Å². The normalized spacial score (nSPS) is 10.2. The Hall–Kier alpha value is -1.92. The smallest absolute Gasteiger partial charge is 0.272 e. The second kappa shape index (κ2) is 6.31. The third kappa shape index (κ3) is 3.52. The van der Waals surface area contributed by atoms with Crippen LogP contribution in [0.25, 0.3) is 0 Å². The molecule has 19 heavy (non-hydrogen) atoms. The highest BCUT2D eigenvalue weighted by atomic mass is 32.1. The van der Waals surface area contributed by atoms with Crippen molar-refractivity contribution in [1.82, 2.24) is 9.88 Å². The summed E-state index contributed by atoms with van der Waals surface area (Å²) in [5.74, 6) is 5.66. The van der Waals surface area contributed by atoms with Gasteiger partial charge in [-0.25, -0.2) is 10.8 Å². The molecular weight excluding hydrogens is 260 g/mol. The number of anilines is 1. The number of carbonyl (C=O) groups is 1. The van der Waals surface area contributed by atoms with Gasteiger partial charge in [0.15, 0.2) is 0 Å². The van der Waals surface area contributed by atoms with Crippen molar-refractivity contribution in [2.24, 2.45) is 5.84 Å². The number of hydrazine groups is 1. The predicted octanol–water partition coefficient (Wildman–Crippen LogP) is 1.74. The lowest BCUT2D eigenvalue weighted by molar-refractivity contribution is 0.0791. The van der Waals surface area contributed by atoms with Crippen molar-refractivity contribution in [3.63, 3.8) is 0 Å². The van der Waals surface area contributed by atoms with E-state index in [1.165, 1.54) is 4.88 Å². The Kier molecular flexibility index (Phi) is 4.48. The van der Waals surface area contributed by atoms with Gasteiger partial charge in [-0.05, 0) is 30.0 Å². The first-order valence-electron chi connectivity index (χ1n) is 5.92. The molecule has 1 amide bonds. The number of hydrogen-bond donors (Lipinski definition) is 2. The summed E-state index contributed by atoms with van der Waals surface area (Å²) in [7, 11) is 1.78. The molecule has 2 aromatic rings. The molecule has 0 spiro atoms. The number of nitrogens with two attached hydrogens (primary N) is 1. The van der Waals surface area contributed by atoms with E-state index >= 15 is 0 Å². The van der Waals surface area contributed by atoms with Gasteiger partial charge in [0.05, 0.1) is 0 Å². The highest BCUT2D eigenvalue weighted by Gasteiger charge is 2.13. The van der Waals surface area contributed by atoms with E-state index in [9.17, 15) is 4.79 Å². The van der Waals surface area contributed by atoms with Crippen LogP contribution in [0.15, 0.2) is 35.7 Å². The van der Waals surface area contributed by atoms with E-state index in [1.54, 1.807) is 41.5 Å². The van der Waals surface area contributed by atoms with Gasteiger partial charge >= 0.3 is 0 Å². The third-order valence-corrected chi connectivity index (χ3v) is 3.67. The number of rotatable bonds is 5. The van der Waals surface area contributed by atoms with Crippen molar-refractivity contribution in [1.29, 1.82) is 0 Å². The first kappa shape index (κ1) is 13.5. The maximum absolute atomic E-state index is 12.2. The van der Waals surface area contributed by atoms with Crippen LogP contribution in [0.2, 0.25) is 0 Å².